The zero-order chi connectivity index (χ0) is 17.3. The molecule has 0 aliphatic rings. The SMILES string of the molecule is CCOP(C)(=O)Oc1cc(-n2ccnc2)c2ccc(Cl)c(Cl)c2n1. The maximum Gasteiger partial charge on any atom is 0.377 e. The number of benzene rings is 1. The molecule has 1 atom stereocenters. The number of aromatic nitrogens is 3. The molecule has 0 saturated carbocycles. The first kappa shape index (κ1) is 17.2. The van der Waals surface area contributed by atoms with Crippen molar-refractivity contribution in [1.29, 1.82) is 0 Å². The molecule has 0 radical (unpaired) electrons. The van der Waals surface area contributed by atoms with E-state index in [4.69, 9.17) is 32.2 Å². The number of pyridine rings is 1. The molecule has 2 aromatic heterocycles. The highest BCUT2D eigenvalue weighted by Crippen LogP contribution is 2.45. The van der Waals surface area contributed by atoms with Gasteiger partial charge in [0.25, 0.3) is 0 Å². The molecule has 9 heteroatoms. The van der Waals surface area contributed by atoms with E-state index in [0.29, 0.717) is 15.6 Å². The monoisotopic (exact) mass is 385 g/mol. The van der Waals surface area contributed by atoms with Crippen LogP contribution in [-0.4, -0.2) is 27.8 Å². The van der Waals surface area contributed by atoms with E-state index in [1.54, 1.807) is 42.3 Å². The Morgan fingerprint density at radius 3 is 2.79 bits per heavy atom. The molecule has 2 heterocycles. The third kappa shape index (κ3) is 3.42. The van der Waals surface area contributed by atoms with Crippen molar-refractivity contribution in [2.45, 2.75) is 6.92 Å². The minimum Gasteiger partial charge on any atom is -0.406 e. The van der Waals surface area contributed by atoms with E-state index >= 15 is 0 Å². The molecule has 0 aliphatic carbocycles. The first-order chi connectivity index (χ1) is 11.4. The Balaban J connectivity index is 2.21. The molecule has 0 amide bonds. The third-order valence-electron chi connectivity index (χ3n) is 3.23. The van der Waals surface area contributed by atoms with Gasteiger partial charge in [0.15, 0.2) is 0 Å². The highest BCUT2D eigenvalue weighted by Gasteiger charge is 2.21. The van der Waals surface area contributed by atoms with Gasteiger partial charge in [-0.05, 0) is 19.1 Å². The van der Waals surface area contributed by atoms with Gasteiger partial charge in [-0.1, -0.05) is 23.2 Å². The molecule has 3 aromatic rings. The van der Waals surface area contributed by atoms with Crippen molar-refractivity contribution in [3.63, 3.8) is 0 Å². The molecule has 126 valence electrons. The van der Waals surface area contributed by atoms with Gasteiger partial charge < -0.3 is 13.6 Å². The van der Waals surface area contributed by atoms with Gasteiger partial charge in [0.2, 0.25) is 5.88 Å². The van der Waals surface area contributed by atoms with Crippen molar-refractivity contribution in [1.82, 2.24) is 14.5 Å². The second-order valence-corrected chi connectivity index (χ2v) is 7.76. The Morgan fingerprint density at radius 2 is 2.12 bits per heavy atom. The summed E-state index contributed by atoms with van der Waals surface area (Å²) in [7, 11) is -3.28. The smallest absolute Gasteiger partial charge is 0.377 e. The zero-order valence-electron chi connectivity index (χ0n) is 12.9. The number of nitrogens with zero attached hydrogens (tertiary/aromatic N) is 3. The number of halogens is 2. The molecule has 0 aliphatic heterocycles. The Bertz CT molecular complexity index is 931. The number of rotatable bonds is 5. The summed E-state index contributed by atoms with van der Waals surface area (Å²) in [6.07, 6.45) is 5.06. The molecular formula is C15H14Cl2N3O3P. The predicted octanol–water partition coefficient (Wildman–Crippen LogP) is 4.97. The molecule has 0 bridgehead atoms. The predicted molar refractivity (Wildman–Crippen MR) is 94.7 cm³/mol. The van der Waals surface area contributed by atoms with E-state index in [9.17, 15) is 4.57 Å². The normalized spacial score (nSPS) is 13.8. The van der Waals surface area contributed by atoms with Crippen LogP contribution in [0.3, 0.4) is 0 Å². The topological polar surface area (TPSA) is 66.2 Å². The van der Waals surface area contributed by atoms with Crippen LogP contribution in [0.4, 0.5) is 0 Å². The summed E-state index contributed by atoms with van der Waals surface area (Å²) in [5.74, 6) is 0.134. The standard InChI is InChI=1S/C15H14Cl2N3O3P/c1-3-22-24(2,21)23-13-8-12(20-7-6-18-9-20)10-4-5-11(16)14(17)15(10)19-13/h4-9H,3H2,1-2H3. The van der Waals surface area contributed by atoms with Crippen LogP contribution in [0.25, 0.3) is 16.6 Å². The number of imidazole rings is 1. The van der Waals surface area contributed by atoms with Crippen LogP contribution in [-0.2, 0) is 9.09 Å². The van der Waals surface area contributed by atoms with Crippen molar-refractivity contribution in [2.24, 2.45) is 0 Å². The van der Waals surface area contributed by atoms with Crippen LogP contribution in [0.15, 0.2) is 36.9 Å². The molecule has 0 spiro atoms. The minimum absolute atomic E-state index is 0.134. The molecule has 0 N–H and O–H groups in total. The van der Waals surface area contributed by atoms with Crippen LogP contribution in [0.2, 0.25) is 10.0 Å². The first-order valence-corrected chi connectivity index (χ1v) is 9.84. The van der Waals surface area contributed by atoms with Gasteiger partial charge in [-0.15, -0.1) is 0 Å². The van der Waals surface area contributed by atoms with Gasteiger partial charge in [-0.25, -0.2) is 14.5 Å². The zero-order valence-corrected chi connectivity index (χ0v) is 15.3. The average molecular weight is 386 g/mol. The summed E-state index contributed by atoms with van der Waals surface area (Å²) >= 11 is 12.4. The summed E-state index contributed by atoms with van der Waals surface area (Å²) in [5.41, 5.74) is 1.17. The van der Waals surface area contributed by atoms with Crippen LogP contribution < -0.4 is 4.52 Å². The minimum atomic E-state index is -3.28. The molecular weight excluding hydrogens is 372 g/mol. The van der Waals surface area contributed by atoms with Crippen molar-refractivity contribution in [2.75, 3.05) is 13.3 Å². The fourth-order valence-electron chi connectivity index (χ4n) is 2.29. The lowest BCUT2D eigenvalue weighted by molar-refractivity contribution is 0.282. The van der Waals surface area contributed by atoms with Gasteiger partial charge in [0.05, 0.1) is 34.2 Å². The van der Waals surface area contributed by atoms with Gasteiger partial charge >= 0.3 is 7.60 Å². The quantitative estimate of drug-likeness (QED) is 0.580. The number of hydrogen-bond acceptors (Lipinski definition) is 5. The van der Waals surface area contributed by atoms with Crippen LogP contribution in [0.5, 0.6) is 5.88 Å². The molecule has 1 aromatic carbocycles. The third-order valence-corrected chi connectivity index (χ3v) is 5.27. The fraction of sp³-hybridized carbons (Fsp3) is 0.200. The van der Waals surface area contributed by atoms with Crippen molar-refractivity contribution in [3.05, 3.63) is 47.0 Å². The summed E-state index contributed by atoms with van der Waals surface area (Å²) in [6, 6.07) is 5.16. The Kier molecular flexibility index (Phi) is 4.83. The molecule has 1 unspecified atom stereocenters. The molecule has 0 saturated heterocycles. The Hall–Kier alpha value is -1.59. The highest BCUT2D eigenvalue weighted by atomic mass is 35.5. The van der Waals surface area contributed by atoms with Crippen LogP contribution >= 0.6 is 30.8 Å². The average Bonchev–Trinajstić information content (AvgIpc) is 3.04. The van der Waals surface area contributed by atoms with Gasteiger partial charge in [0.1, 0.15) is 0 Å². The molecule has 6 nitrogen and oxygen atoms in total. The van der Waals surface area contributed by atoms with E-state index in [2.05, 4.69) is 9.97 Å². The fourth-order valence-corrected chi connectivity index (χ4v) is 3.60. The van der Waals surface area contributed by atoms with Crippen molar-refractivity contribution in [3.8, 4) is 11.6 Å². The van der Waals surface area contributed by atoms with E-state index < -0.39 is 7.60 Å². The van der Waals surface area contributed by atoms with Gasteiger partial charge in [0, 0.05) is 30.5 Å². The maximum absolute atomic E-state index is 12.3. The second-order valence-electron chi connectivity index (χ2n) is 4.99. The largest absolute Gasteiger partial charge is 0.406 e. The Labute approximate surface area is 148 Å². The number of hydrogen-bond donors (Lipinski definition) is 0. The molecule has 3 rings (SSSR count). The number of fused-ring (bicyclic) bond motifs is 1. The summed E-state index contributed by atoms with van der Waals surface area (Å²) in [6.45, 7) is 3.39. The Morgan fingerprint density at radius 1 is 1.33 bits per heavy atom. The van der Waals surface area contributed by atoms with Gasteiger partial charge in [-0.2, -0.15) is 0 Å². The van der Waals surface area contributed by atoms with Crippen LogP contribution in [0.1, 0.15) is 6.92 Å². The van der Waals surface area contributed by atoms with E-state index in [1.165, 1.54) is 6.66 Å². The lowest BCUT2D eigenvalue weighted by Gasteiger charge is -2.16. The van der Waals surface area contributed by atoms with Crippen LogP contribution in [0, 0.1) is 0 Å². The van der Waals surface area contributed by atoms with E-state index in [1.807, 2.05) is 6.07 Å². The second kappa shape index (κ2) is 6.73. The van der Waals surface area contributed by atoms with Gasteiger partial charge in [-0.3, -0.25) is 0 Å². The maximum atomic E-state index is 12.3. The summed E-state index contributed by atoms with van der Waals surface area (Å²) in [4.78, 5) is 8.39. The first-order valence-electron chi connectivity index (χ1n) is 7.10. The summed E-state index contributed by atoms with van der Waals surface area (Å²) < 4.78 is 24.7. The lowest BCUT2D eigenvalue weighted by Crippen LogP contribution is -2.01. The van der Waals surface area contributed by atoms with E-state index in [0.717, 1.165) is 11.1 Å². The molecule has 0 fully saturated rings. The summed E-state index contributed by atoms with van der Waals surface area (Å²) in [5, 5.41) is 1.43. The van der Waals surface area contributed by atoms with E-state index in [-0.39, 0.29) is 12.5 Å². The van der Waals surface area contributed by atoms with Crippen molar-refractivity contribution < 1.29 is 13.6 Å². The molecule has 24 heavy (non-hydrogen) atoms. The van der Waals surface area contributed by atoms with Crippen molar-refractivity contribution >= 4 is 41.7 Å². The highest BCUT2D eigenvalue weighted by molar-refractivity contribution is 7.53. The lowest BCUT2D eigenvalue weighted by atomic mass is 10.2.